The van der Waals surface area contributed by atoms with Gasteiger partial charge in [0.25, 0.3) is 0 Å². The molecule has 4 heteroatoms. The number of aliphatic hydroxyl groups is 1. The molecule has 1 fully saturated rings. The fourth-order valence-electron chi connectivity index (χ4n) is 1.94. The summed E-state index contributed by atoms with van der Waals surface area (Å²) in [4.78, 5) is 0. The number of hydrogen-bond acceptors (Lipinski definition) is 2. The van der Waals surface area contributed by atoms with Gasteiger partial charge in [0.05, 0.1) is 6.10 Å². The second-order valence-electron chi connectivity index (χ2n) is 3.81. The van der Waals surface area contributed by atoms with Crippen LogP contribution in [-0.4, -0.2) is 17.7 Å². The Labute approximate surface area is 86.9 Å². The summed E-state index contributed by atoms with van der Waals surface area (Å²) in [5.74, 6) is -1.08. The molecule has 2 nitrogen and oxygen atoms in total. The van der Waals surface area contributed by atoms with Crippen molar-refractivity contribution in [3.05, 3.63) is 35.4 Å². The van der Waals surface area contributed by atoms with Crippen LogP contribution in [-0.2, 0) is 0 Å². The van der Waals surface area contributed by atoms with Crippen LogP contribution in [0, 0.1) is 11.6 Å². The number of halogens is 2. The van der Waals surface area contributed by atoms with Gasteiger partial charge >= 0.3 is 0 Å². The third kappa shape index (κ3) is 2.16. The predicted molar refractivity (Wildman–Crippen MR) is 52.3 cm³/mol. The van der Waals surface area contributed by atoms with Gasteiger partial charge in [0.1, 0.15) is 11.6 Å². The first kappa shape index (κ1) is 10.5. The third-order valence-electron chi connectivity index (χ3n) is 2.76. The van der Waals surface area contributed by atoms with E-state index in [4.69, 9.17) is 0 Å². The lowest BCUT2D eigenvalue weighted by molar-refractivity contribution is 0.133. The predicted octanol–water partition coefficient (Wildman–Crippen LogP) is 1.75. The van der Waals surface area contributed by atoms with E-state index in [1.165, 1.54) is 0 Å². The molecule has 0 radical (unpaired) electrons. The Bertz CT molecular complexity index is 350. The first-order chi connectivity index (χ1) is 7.18. The molecule has 0 amide bonds. The number of rotatable bonds is 2. The van der Waals surface area contributed by atoms with Crippen LogP contribution in [0.3, 0.4) is 0 Å². The summed E-state index contributed by atoms with van der Waals surface area (Å²) >= 11 is 0. The van der Waals surface area contributed by atoms with Gasteiger partial charge < -0.3 is 10.4 Å². The van der Waals surface area contributed by atoms with E-state index in [2.05, 4.69) is 5.32 Å². The molecule has 82 valence electrons. The minimum absolute atomic E-state index is 0.0365. The van der Waals surface area contributed by atoms with Crippen molar-refractivity contribution in [1.82, 2.24) is 5.32 Å². The summed E-state index contributed by atoms with van der Waals surface area (Å²) in [7, 11) is 0. The molecule has 2 unspecified atom stereocenters. The van der Waals surface area contributed by atoms with Gasteiger partial charge in [-0.2, -0.15) is 0 Å². The fraction of sp³-hybridized carbons (Fsp3) is 0.455. The Morgan fingerprint density at radius 2 is 2.20 bits per heavy atom. The number of nitrogens with one attached hydrogen (secondary N) is 1. The molecule has 1 aliphatic heterocycles. The normalized spacial score (nSPS) is 23.0. The van der Waals surface area contributed by atoms with Gasteiger partial charge in [0, 0.05) is 11.6 Å². The molecule has 1 heterocycles. The van der Waals surface area contributed by atoms with Crippen LogP contribution in [0.15, 0.2) is 18.2 Å². The zero-order valence-electron chi connectivity index (χ0n) is 8.21. The van der Waals surface area contributed by atoms with Gasteiger partial charge in [-0.3, -0.25) is 0 Å². The van der Waals surface area contributed by atoms with E-state index < -0.39 is 17.7 Å². The van der Waals surface area contributed by atoms with Crippen molar-refractivity contribution < 1.29 is 13.9 Å². The van der Waals surface area contributed by atoms with Crippen molar-refractivity contribution in [2.45, 2.75) is 25.0 Å². The Balaban J connectivity index is 2.23. The minimum atomic E-state index is -0.969. The van der Waals surface area contributed by atoms with E-state index in [1.807, 2.05) is 0 Å². The van der Waals surface area contributed by atoms with Gasteiger partial charge in [0.2, 0.25) is 0 Å². The van der Waals surface area contributed by atoms with Crippen LogP contribution in [0.1, 0.15) is 24.5 Å². The second kappa shape index (κ2) is 4.24. The number of benzene rings is 1. The Hall–Kier alpha value is -1.00. The lowest BCUT2D eigenvalue weighted by Gasteiger charge is -2.19. The van der Waals surface area contributed by atoms with Gasteiger partial charge in [0.15, 0.2) is 0 Å². The van der Waals surface area contributed by atoms with Gasteiger partial charge in [-0.1, -0.05) is 0 Å². The average molecular weight is 213 g/mol. The Morgan fingerprint density at radius 3 is 2.87 bits per heavy atom. The SMILES string of the molecule is OC(c1cc(F)ccc1F)C1CCCN1. The molecule has 15 heavy (non-hydrogen) atoms. The standard InChI is InChI=1S/C11H13F2NO/c12-7-3-4-9(13)8(6-7)11(15)10-2-1-5-14-10/h3-4,6,10-11,14-15H,1-2,5H2. The van der Waals surface area contributed by atoms with E-state index in [9.17, 15) is 13.9 Å². The smallest absolute Gasteiger partial charge is 0.129 e. The average Bonchev–Trinajstić information content (AvgIpc) is 2.74. The van der Waals surface area contributed by atoms with Crippen LogP contribution in [0.25, 0.3) is 0 Å². The molecule has 0 bridgehead atoms. The van der Waals surface area contributed by atoms with Crippen molar-refractivity contribution >= 4 is 0 Å². The highest BCUT2D eigenvalue weighted by Crippen LogP contribution is 2.25. The second-order valence-corrected chi connectivity index (χ2v) is 3.81. The molecule has 2 atom stereocenters. The monoisotopic (exact) mass is 213 g/mol. The zero-order valence-corrected chi connectivity index (χ0v) is 8.21. The van der Waals surface area contributed by atoms with E-state index in [1.54, 1.807) is 0 Å². The van der Waals surface area contributed by atoms with Crippen molar-refractivity contribution in [2.75, 3.05) is 6.54 Å². The lowest BCUT2D eigenvalue weighted by Crippen LogP contribution is -2.29. The fourth-order valence-corrected chi connectivity index (χ4v) is 1.94. The van der Waals surface area contributed by atoms with Gasteiger partial charge in [-0.25, -0.2) is 8.78 Å². The van der Waals surface area contributed by atoms with Crippen molar-refractivity contribution in [3.63, 3.8) is 0 Å². The van der Waals surface area contributed by atoms with Crippen molar-refractivity contribution in [3.8, 4) is 0 Å². The number of hydrogen-bond donors (Lipinski definition) is 2. The number of aliphatic hydroxyl groups excluding tert-OH is 1. The van der Waals surface area contributed by atoms with Crippen LogP contribution in [0.4, 0.5) is 8.78 Å². The summed E-state index contributed by atoms with van der Waals surface area (Å²) in [6.45, 7) is 0.818. The molecular formula is C11H13F2NO. The molecule has 2 rings (SSSR count). The molecule has 0 saturated carbocycles. The van der Waals surface area contributed by atoms with E-state index >= 15 is 0 Å². The summed E-state index contributed by atoms with van der Waals surface area (Å²) in [6.07, 6.45) is 0.777. The van der Waals surface area contributed by atoms with Crippen molar-refractivity contribution in [2.24, 2.45) is 0 Å². The Morgan fingerprint density at radius 1 is 1.40 bits per heavy atom. The molecule has 1 saturated heterocycles. The maximum absolute atomic E-state index is 13.3. The molecule has 1 aromatic carbocycles. The summed E-state index contributed by atoms with van der Waals surface area (Å²) in [6, 6.07) is 2.98. The maximum atomic E-state index is 13.3. The first-order valence-corrected chi connectivity index (χ1v) is 5.05. The maximum Gasteiger partial charge on any atom is 0.129 e. The molecular weight excluding hydrogens is 200 g/mol. The molecule has 0 aromatic heterocycles. The molecule has 0 spiro atoms. The highest BCUT2D eigenvalue weighted by molar-refractivity contribution is 5.22. The van der Waals surface area contributed by atoms with Crippen LogP contribution in [0.2, 0.25) is 0 Å². The summed E-state index contributed by atoms with van der Waals surface area (Å²) in [5.41, 5.74) is 0.0365. The molecule has 2 N–H and O–H groups in total. The van der Waals surface area contributed by atoms with E-state index in [0.29, 0.717) is 0 Å². The largest absolute Gasteiger partial charge is 0.387 e. The minimum Gasteiger partial charge on any atom is -0.387 e. The highest BCUT2D eigenvalue weighted by Gasteiger charge is 2.26. The van der Waals surface area contributed by atoms with Gasteiger partial charge in [-0.15, -0.1) is 0 Å². The lowest BCUT2D eigenvalue weighted by atomic mass is 10.0. The highest BCUT2D eigenvalue weighted by atomic mass is 19.1. The quantitative estimate of drug-likeness (QED) is 0.784. The van der Waals surface area contributed by atoms with Crippen LogP contribution < -0.4 is 5.32 Å². The van der Waals surface area contributed by atoms with E-state index in [0.717, 1.165) is 37.6 Å². The third-order valence-corrected chi connectivity index (χ3v) is 2.76. The van der Waals surface area contributed by atoms with Crippen LogP contribution in [0.5, 0.6) is 0 Å². The van der Waals surface area contributed by atoms with Gasteiger partial charge in [-0.05, 0) is 37.6 Å². The first-order valence-electron chi connectivity index (χ1n) is 5.05. The van der Waals surface area contributed by atoms with Crippen LogP contribution >= 0.6 is 0 Å². The van der Waals surface area contributed by atoms with E-state index in [-0.39, 0.29) is 11.6 Å². The van der Waals surface area contributed by atoms with Crippen molar-refractivity contribution in [1.29, 1.82) is 0 Å². The Kier molecular flexibility index (Phi) is 2.98. The zero-order chi connectivity index (χ0) is 10.8. The summed E-state index contributed by atoms with van der Waals surface area (Å²) < 4.78 is 26.2. The summed E-state index contributed by atoms with van der Waals surface area (Å²) in [5, 5.41) is 12.9. The molecule has 1 aromatic rings. The topological polar surface area (TPSA) is 32.3 Å². The molecule has 1 aliphatic rings. The molecule has 0 aliphatic carbocycles.